The van der Waals surface area contributed by atoms with Crippen LogP contribution in [0.25, 0.3) is 0 Å². The van der Waals surface area contributed by atoms with Crippen LogP contribution in [0.2, 0.25) is 0 Å². The lowest BCUT2D eigenvalue weighted by atomic mass is 9.57. The van der Waals surface area contributed by atoms with Crippen LogP contribution in [-0.4, -0.2) is 165 Å². The number of hydrogen-bond donors (Lipinski definition) is 4. The molecule has 1 saturated carbocycles. The van der Waals surface area contributed by atoms with Gasteiger partial charge in [0.05, 0.1) is 71.7 Å². The van der Waals surface area contributed by atoms with E-state index in [4.69, 9.17) is 52.1 Å². The van der Waals surface area contributed by atoms with Gasteiger partial charge in [0.2, 0.25) is 0 Å². The number of carbonyl (C=O) groups excluding carboxylic acids is 5. The Morgan fingerprint density at radius 3 is 1.73 bits per heavy atom. The van der Waals surface area contributed by atoms with Gasteiger partial charge < -0.3 is 72.5 Å². The summed E-state index contributed by atoms with van der Waals surface area (Å²) in [5.74, 6) is -3.52. The predicted octanol–water partition coefficient (Wildman–Crippen LogP) is 4.30. The van der Waals surface area contributed by atoms with Crippen LogP contribution >= 0.6 is 0 Å². The summed E-state index contributed by atoms with van der Waals surface area (Å²) < 4.78 is 67.3. The number of allylic oxidation sites excluding steroid dienone is 2. The predicted molar refractivity (Wildman–Crippen MR) is 258 cm³/mol. The molecule has 5 fully saturated rings. The summed E-state index contributed by atoms with van der Waals surface area (Å²) >= 11 is 0. The number of ether oxygens (including phenoxy) is 11. The standard InChI is InChI=1S/C55H68O20/c1-25-34(56)10-15-42(66-25)71-37-12-17-44(68-27(37)3)73-39-14-19-46(70-29(39)5)75-53(7)23-41(59)55(64)48-33(20-21-54(55,63)24-53)50(61)47-32(51(48)62)9-8-31(49(47)60)40-22-36(58)52(30(6)65-40)74-45-18-13-38(28(4)69-45)72-43-16-11-35(57)26(2)67-43/h8-11,15-16,20-21,25-30,36-40,42-46,52,58,60,63-64H,12-14,17-19,22-24H2,1-7H3/t25-,26-,27-,28-,29-,30+,36+,37-,38-,39-,40+,42-,43-,44-,45-,46-,52+,53-,54-,55-/m0/s1. The number of aliphatic hydroxyl groups is 3. The number of rotatable bonds is 11. The quantitative estimate of drug-likeness (QED) is 0.241. The second kappa shape index (κ2) is 20.9. The van der Waals surface area contributed by atoms with Gasteiger partial charge in [-0.1, -0.05) is 12.1 Å². The maximum Gasteiger partial charge on any atom is 0.198 e. The van der Waals surface area contributed by atoms with Crippen LogP contribution in [-0.2, 0) is 66.5 Å². The van der Waals surface area contributed by atoms with Crippen LogP contribution in [0.4, 0.5) is 0 Å². The topological polar surface area (TPSA) is 268 Å². The van der Waals surface area contributed by atoms with Gasteiger partial charge in [-0.15, -0.1) is 0 Å². The van der Waals surface area contributed by atoms with E-state index in [1.807, 2.05) is 20.8 Å². The minimum Gasteiger partial charge on any atom is -0.507 e. The van der Waals surface area contributed by atoms with E-state index in [0.29, 0.717) is 38.5 Å². The van der Waals surface area contributed by atoms with Gasteiger partial charge in [-0.05, 0) is 104 Å². The Morgan fingerprint density at radius 1 is 0.627 bits per heavy atom. The van der Waals surface area contributed by atoms with Crippen molar-refractivity contribution in [2.75, 3.05) is 0 Å². The normalized spacial score (nSPS) is 44.1. The monoisotopic (exact) mass is 1050 g/mol. The highest BCUT2D eigenvalue weighted by molar-refractivity contribution is 6.32. The molecule has 6 aliphatic heterocycles. The van der Waals surface area contributed by atoms with Crippen LogP contribution in [0.3, 0.4) is 0 Å². The lowest BCUT2D eigenvalue weighted by molar-refractivity contribution is -0.308. The van der Waals surface area contributed by atoms with Gasteiger partial charge in [0.1, 0.15) is 29.7 Å². The molecule has 1 aromatic carbocycles. The molecule has 75 heavy (non-hydrogen) atoms. The van der Waals surface area contributed by atoms with Crippen molar-refractivity contribution in [1.82, 2.24) is 0 Å². The van der Waals surface area contributed by atoms with Crippen LogP contribution in [0.5, 0.6) is 5.75 Å². The Labute approximate surface area is 434 Å². The lowest BCUT2D eigenvalue weighted by Crippen LogP contribution is -2.69. The Bertz CT molecular complexity index is 2560. The number of phenols is 1. The van der Waals surface area contributed by atoms with Crippen molar-refractivity contribution in [2.45, 2.75) is 228 Å². The summed E-state index contributed by atoms with van der Waals surface area (Å²) in [6.45, 7) is 12.2. The smallest absolute Gasteiger partial charge is 0.198 e. The van der Waals surface area contributed by atoms with E-state index in [1.54, 1.807) is 39.8 Å². The Hall–Kier alpha value is -4.23. The first-order valence-corrected chi connectivity index (χ1v) is 26.3. The number of phenolic OH excluding ortho intramolecular Hbond substituents is 1. The number of aliphatic hydroxyl groups excluding tert-OH is 1. The molecule has 0 spiro atoms. The molecule has 4 saturated heterocycles. The summed E-state index contributed by atoms with van der Waals surface area (Å²) in [5.41, 5.74) is -8.07. The molecule has 20 atom stereocenters. The van der Waals surface area contributed by atoms with E-state index in [9.17, 15) is 44.4 Å². The van der Waals surface area contributed by atoms with Gasteiger partial charge in [-0.2, -0.15) is 0 Å². The highest BCUT2D eigenvalue weighted by Crippen LogP contribution is 2.53. The number of fused-ring (bicyclic) bond motifs is 3. The number of carbonyl (C=O) groups is 5. The van der Waals surface area contributed by atoms with Crippen LogP contribution in [0.1, 0.15) is 139 Å². The number of Topliss-reactive ketones (excluding diaryl/α,β-unsaturated/α-hetero) is 3. The molecule has 0 aromatic heterocycles. The molecular weight excluding hydrogens is 981 g/mol. The molecule has 1 aromatic rings. The van der Waals surface area contributed by atoms with Crippen molar-refractivity contribution in [2.24, 2.45) is 0 Å². The van der Waals surface area contributed by atoms with Gasteiger partial charge >= 0.3 is 0 Å². The Balaban J connectivity index is 0.744. The fourth-order valence-corrected chi connectivity index (χ4v) is 12.1. The van der Waals surface area contributed by atoms with Gasteiger partial charge in [0.15, 0.2) is 66.0 Å². The van der Waals surface area contributed by atoms with E-state index in [2.05, 4.69) is 0 Å². The lowest BCUT2D eigenvalue weighted by Gasteiger charge is -2.53. The van der Waals surface area contributed by atoms with E-state index in [0.717, 1.165) is 6.08 Å². The zero-order valence-corrected chi connectivity index (χ0v) is 43.1. The van der Waals surface area contributed by atoms with Gasteiger partial charge in [-0.25, -0.2) is 0 Å². The second-order valence-electron chi connectivity index (χ2n) is 21.8. The summed E-state index contributed by atoms with van der Waals surface area (Å²) in [5, 5.41) is 47.9. The highest BCUT2D eigenvalue weighted by atomic mass is 16.7. The number of hydrogen-bond acceptors (Lipinski definition) is 20. The van der Waals surface area contributed by atoms with Crippen molar-refractivity contribution in [3.8, 4) is 5.75 Å². The number of ketones is 5. The fourth-order valence-electron chi connectivity index (χ4n) is 12.1. The van der Waals surface area contributed by atoms with E-state index < -0.39 is 132 Å². The van der Waals surface area contributed by atoms with Gasteiger partial charge in [0, 0.05) is 55.2 Å². The SMILES string of the molecule is C[C@@H]1O[C@@H](O[C@H]2CC[C@H](O[C@H]3[C@H](O)C[C@H](c4ccc5c(c4O)C(=O)C4=C(C5=O)[C@@]5(O)C(=O)C[C@](C)(O[C@H]6CC[C@H](O[C@H]7CC[C@H](O[C@H]8C=CC(=O)[C@H](C)O8)[C@H](C)O7)[C@H](C)O6)C[C@@]5(O)C=C4)O[C@@H]3C)O[C@H]2C)C=CC1=O. The number of aromatic hydroxyl groups is 1. The average Bonchev–Trinajstić information content (AvgIpc) is 3.35. The van der Waals surface area contributed by atoms with Crippen molar-refractivity contribution in [1.29, 1.82) is 0 Å². The molecule has 0 radical (unpaired) electrons. The van der Waals surface area contributed by atoms with Crippen molar-refractivity contribution in [3.05, 3.63) is 76.4 Å². The minimum atomic E-state index is -2.84. The first kappa shape index (κ1) is 54.1. The summed E-state index contributed by atoms with van der Waals surface area (Å²) in [7, 11) is 0. The van der Waals surface area contributed by atoms with E-state index >= 15 is 0 Å². The van der Waals surface area contributed by atoms with Crippen molar-refractivity contribution in [3.63, 3.8) is 0 Å². The molecule has 408 valence electrons. The van der Waals surface area contributed by atoms with Crippen LogP contribution in [0, 0.1) is 0 Å². The zero-order chi connectivity index (χ0) is 53.5. The van der Waals surface area contributed by atoms with Crippen molar-refractivity contribution < 1.29 is 96.5 Å². The minimum absolute atomic E-state index is 0.0536. The molecule has 20 heteroatoms. The molecule has 0 unspecified atom stereocenters. The first-order chi connectivity index (χ1) is 35.5. The molecule has 10 rings (SSSR count). The molecule has 20 nitrogen and oxygen atoms in total. The Morgan fingerprint density at radius 2 is 1.17 bits per heavy atom. The number of benzene rings is 1. The second-order valence-corrected chi connectivity index (χ2v) is 21.8. The van der Waals surface area contributed by atoms with Crippen molar-refractivity contribution >= 4 is 28.9 Å². The molecule has 0 amide bonds. The summed E-state index contributed by atoms with van der Waals surface area (Å²) in [6, 6.07) is 2.71. The summed E-state index contributed by atoms with van der Waals surface area (Å²) in [6.07, 6.45) is 0.294. The highest BCUT2D eigenvalue weighted by Gasteiger charge is 2.67. The third-order valence-electron chi connectivity index (χ3n) is 16.3. The molecule has 0 bridgehead atoms. The molecule has 3 aliphatic carbocycles. The largest absolute Gasteiger partial charge is 0.507 e. The molecular formula is C55H68O20. The van der Waals surface area contributed by atoms with Crippen LogP contribution in [0.15, 0.2) is 59.7 Å². The third-order valence-corrected chi connectivity index (χ3v) is 16.3. The molecule has 6 heterocycles. The fraction of sp³-hybridized carbons (Fsp3) is 0.655. The summed E-state index contributed by atoms with van der Waals surface area (Å²) in [4.78, 5) is 66.9. The van der Waals surface area contributed by atoms with Gasteiger partial charge in [-0.3, -0.25) is 24.0 Å². The first-order valence-electron chi connectivity index (χ1n) is 26.3. The average molecular weight is 1050 g/mol. The van der Waals surface area contributed by atoms with Gasteiger partial charge in [0.25, 0.3) is 0 Å². The molecule has 4 N–H and O–H groups in total. The Kier molecular flexibility index (Phi) is 15.1. The maximum atomic E-state index is 14.5. The van der Waals surface area contributed by atoms with E-state index in [-0.39, 0.29) is 71.1 Å². The van der Waals surface area contributed by atoms with Crippen LogP contribution < -0.4 is 0 Å². The third kappa shape index (κ3) is 10.3. The van der Waals surface area contributed by atoms with E-state index in [1.165, 1.54) is 30.4 Å². The zero-order valence-electron chi connectivity index (χ0n) is 43.1. The maximum absolute atomic E-state index is 14.5. The molecule has 9 aliphatic rings.